The Morgan fingerprint density at radius 1 is 1.18 bits per heavy atom. The summed E-state index contributed by atoms with van der Waals surface area (Å²) in [4.78, 5) is 20.4. The van der Waals surface area contributed by atoms with E-state index in [-0.39, 0.29) is 11.3 Å². The average molecular weight is 504 g/mol. The standard InChI is InChI=1S/C24H20ClF2N3O3S/c1-3-8-34(32,33)30-20-7-6-19(26)21(22(20)27)23(31)18-12-29-24-17(18)10-14(11-28-24)16-5-4-15(25)9-13(16)2/h4-7,9-12,30H,3,8H2,1-2H3,(H,28,29). The molecule has 176 valence electrons. The fourth-order valence-corrected chi connectivity index (χ4v) is 5.11. The highest BCUT2D eigenvalue weighted by molar-refractivity contribution is 7.92. The second kappa shape index (κ2) is 9.15. The zero-order valence-corrected chi connectivity index (χ0v) is 19.8. The molecular formula is C24H20ClF2N3O3S. The first kappa shape index (κ1) is 23.8. The van der Waals surface area contributed by atoms with Crippen LogP contribution >= 0.6 is 11.6 Å². The highest BCUT2D eigenvalue weighted by atomic mass is 35.5. The average Bonchev–Trinajstić information content (AvgIpc) is 3.19. The Labute approximate surface area is 200 Å². The molecule has 0 aliphatic rings. The van der Waals surface area contributed by atoms with E-state index in [1.54, 1.807) is 31.3 Å². The van der Waals surface area contributed by atoms with E-state index >= 15 is 4.39 Å². The Kier molecular flexibility index (Phi) is 6.42. The van der Waals surface area contributed by atoms with Crippen molar-refractivity contribution in [3.8, 4) is 11.1 Å². The predicted molar refractivity (Wildman–Crippen MR) is 129 cm³/mol. The zero-order chi connectivity index (χ0) is 24.6. The van der Waals surface area contributed by atoms with Crippen LogP contribution in [0.15, 0.2) is 48.8 Å². The maximum absolute atomic E-state index is 15.2. The number of aromatic nitrogens is 2. The number of hydrogen-bond donors (Lipinski definition) is 2. The summed E-state index contributed by atoms with van der Waals surface area (Å²) in [5.74, 6) is -3.57. The normalized spacial score (nSPS) is 11.7. The van der Waals surface area contributed by atoms with Crippen LogP contribution in [0.1, 0.15) is 34.8 Å². The lowest BCUT2D eigenvalue weighted by molar-refractivity contribution is 0.103. The lowest BCUT2D eigenvalue weighted by atomic mass is 9.98. The molecule has 0 radical (unpaired) electrons. The summed E-state index contributed by atoms with van der Waals surface area (Å²) in [5.41, 5.74) is 1.43. The number of halogens is 3. The quantitative estimate of drug-likeness (QED) is 0.309. The number of fused-ring (bicyclic) bond motifs is 1. The molecule has 34 heavy (non-hydrogen) atoms. The maximum atomic E-state index is 15.2. The van der Waals surface area contributed by atoms with Crippen molar-refractivity contribution in [2.24, 2.45) is 0 Å². The number of aromatic amines is 1. The van der Waals surface area contributed by atoms with Gasteiger partial charge < -0.3 is 4.98 Å². The number of aryl methyl sites for hydroxylation is 1. The van der Waals surface area contributed by atoms with Gasteiger partial charge in [0.05, 0.1) is 17.0 Å². The molecule has 0 spiro atoms. The summed E-state index contributed by atoms with van der Waals surface area (Å²) in [6.07, 6.45) is 3.25. The molecule has 0 amide bonds. The highest BCUT2D eigenvalue weighted by Gasteiger charge is 2.26. The van der Waals surface area contributed by atoms with Gasteiger partial charge in [-0.1, -0.05) is 24.6 Å². The molecule has 0 atom stereocenters. The van der Waals surface area contributed by atoms with Crippen LogP contribution < -0.4 is 4.72 Å². The molecule has 6 nitrogen and oxygen atoms in total. The minimum absolute atomic E-state index is 0.00216. The fraction of sp³-hybridized carbons (Fsp3) is 0.167. The molecule has 0 fully saturated rings. The Bertz CT molecular complexity index is 1530. The summed E-state index contributed by atoms with van der Waals surface area (Å²) in [5, 5.41) is 0.945. The van der Waals surface area contributed by atoms with E-state index in [0.29, 0.717) is 28.0 Å². The van der Waals surface area contributed by atoms with Gasteiger partial charge in [-0.25, -0.2) is 22.2 Å². The Morgan fingerprint density at radius 3 is 2.65 bits per heavy atom. The zero-order valence-electron chi connectivity index (χ0n) is 18.2. The van der Waals surface area contributed by atoms with Crippen molar-refractivity contribution >= 4 is 44.1 Å². The van der Waals surface area contributed by atoms with Crippen LogP contribution in [0, 0.1) is 18.6 Å². The van der Waals surface area contributed by atoms with Crippen LogP contribution in [0.25, 0.3) is 22.2 Å². The molecule has 2 aromatic heterocycles. The predicted octanol–water partition coefficient (Wildman–Crippen LogP) is 5.85. The number of carbonyl (C=O) groups is 1. The van der Waals surface area contributed by atoms with E-state index in [1.165, 1.54) is 6.20 Å². The van der Waals surface area contributed by atoms with Gasteiger partial charge in [-0.05, 0) is 54.8 Å². The first-order chi connectivity index (χ1) is 16.1. The van der Waals surface area contributed by atoms with Crippen LogP contribution in [0.5, 0.6) is 0 Å². The number of nitrogens with one attached hydrogen (secondary N) is 2. The van der Waals surface area contributed by atoms with Crippen LogP contribution in [0.4, 0.5) is 14.5 Å². The number of hydrogen-bond acceptors (Lipinski definition) is 4. The van der Waals surface area contributed by atoms with E-state index in [2.05, 4.69) is 14.7 Å². The van der Waals surface area contributed by atoms with Gasteiger partial charge in [0.2, 0.25) is 15.8 Å². The smallest absolute Gasteiger partial charge is 0.232 e. The minimum atomic E-state index is -3.84. The molecule has 0 saturated heterocycles. The number of H-pyrrole nitrogens is 1. The molecule has 4 rings (SSSR count). The molecule has 0 aliphatic carbocycles. The molecule has 0 bridgehead atoms. The molecule has 2 N–H and O–H groups in total. The van der Waals surface area contributed by atoms with Gasteiger partial charge in [-0.2, -0.15) is 0 Å². The summed E-state index contributed by atoms with van der Waals surface area (Å²) in [7, 11) is -3.84. The Morgan fingerprint density at radius 2 is 1.94 bits per heavy atom. The second-order valence-electron chi connectivity index (χ2n) is 7.82. The van der Waals surface area contributed by atoms with E-state index in [4.69, 9.17) is 11.6 Å². The summed E-state index contributed by atoms with van der Waals surface area (Å²) in [6.45, 7) is 3.53. The molecule has 0 unspecified atom stereocenters. The van der Waals surface area contributed by atoms with E-state index < -0.39 is 38.7 Å². The molecule has 4 aromatic rings. The molecule has 2 aromatic carbocycles. The maximum Gasteiger partial charge on any atom is 0.232 e. The molecule has 10 heteroatoms. The van der Waals surface area contributed by atoms with E-state index in [9.17, 15) is 17.6 Å². The van der Waals surface area contributed by atoms with Crippen LogP contribution in [-0.2, 0) is 10.0 Å². The van der Waals surface area contributed by atoms with Crippen molar-refractivity contribution in [1.82, 2.24) is 9.97 Å². The van der Waals surface area contributed by atoms with Crippen molar-refractivity contribution in [3.05, 3.63) is 82.1 Å². The molecular weight excluding hydrogens is 484 g/mol. The molecule has 0 saturated carbocycles. The van der Waals surface area contributed by atoms with E-state index in [1.807, 2.05) is 13.0 Å². The number of ketones is 1. The van der Waals surface area contributed by atoms with Crippen LogP contribution in [0.2, 0.25) is 5.02 Å². The number of sulfonamides is 1. The summed E-state index contributed by atoms with van der Waals surface area (Å²) in [6, 6.07) is 8.85. The lowest BCUT2D eigenvalue weighted by Gasteiger charge is -2.11. The number of carbonyl (C=O) groups excluding carboxylic acids is 1. The highest BCUT2D eigenvalue weighted by Crippen LogP contribution is 2.31. The third kappa shape index (κ3) is 4.53. The topological polar surface area (TPSA) is 91.9 Å². The fourth-order valence-electron chi connectivity index (χ4n) is 3.75. The van der Waals surface area contributed by atoms with Gasteiger partial charge >= 0.3 is 0 Å². The van der Waals surface area contributed by atoms with Crippen molar-refractivity contribution in [2.45, 2.75) is 20.3 Å². The Balaban J connectivity index is 1.80. The van der Waals surface area contributed by atoms with Crippen molar-refractivity contribution in [2.75, 3.05) is 10.5 Å². The first-order valence-corrected chi connectivity index (χ1v) is 12.4. The third-order valence-electron chi connectivity index (χ3n) is 5.33. The largest absolute Gasteiger partial charge is 0.345 e. The molecule has 0 aliphatic heterocycles. The monoisotopic (exact) mass is 503 g/mol. The third-order valence-corrected chi connectivity index (χ3v) is 7.04. The van der Waals surface area contributed by atoms with Gasteiger partial charge in [-0.15, -0.1) is 0 Å². The number of pyridine rings is 1. The SMILES string of the molecule is CCCS(=O)(=O)Nc1ccc(F)c(C(=O)c2c[nH]c3ncc(-c4ccc(Cl)cc4C)cc23)c1F. The number of anilines is 1. The van der Waals surface area contributed by atoms with Gasteiger partial charge in [0.1, 0.15) is 11.5 Å². The molecule has 2 heterocycles. The first-order valence-electron chi connectivity index (χ1n) is 10.4. The second-order valence-corrected chi connectivity index (χ2v) is 10.1. The van der Waals surface area contributed by atoms with Crippen molar-refractivity contribution in [1.29, 1.82) is 0 Å². The summed E-state index contributed by atoms with van der Waals surface area (Å²) >= 11 is 6.04. The number of rotatable bonds is 7. The van der Waals surface area contributed by atoms with Crippen molar-refractivity contribution < 1.29 is 22.0 Å². The van der Waals surface area contributed by atoms with E-state index in [0.717, 1.165) is 23.3 Å². The van der Waals surface area contributed by atoms with Crippen molar-refractivity contribution in [3.63, 3.8) is 0 Å². The number of nitrogens with zero attached hydrogens (tertiary/aromatic N) is 1. The minimum Gasteiger partial charge on any atom is -0.345 e. The van der Waals surface area contributed by atoms with Crippen LogP contribution in [-0.4, -0.2) is 29.9 Å². The van der Waals surface area contributed by atoms with Gasteiger partial charge in [-0.3, -0.25) is 9.52 Å². The van der Waals surface area contributed by atoms with Crippen LogP contribution in [0.3, 0.4) is 0 Å². The Hall–Kier alpha value is -3.30. The number of benzene rings is 2. The van der Waals surface area contributed by atoms with Gasteiger partial charge in [0.25, 0.3) is 0 Å². The summed E-state index contributed by atoms with van der Waals surface area (Å²) < 4.78 is 56.0. The van der Waals surface area contributed by atoms with Gasteiger partial charge in [0, 0.05) is 33.9 Å². The lowest BCUT2D eigenvalue weighted by Crippen LogP contribution is -2.18. The van der Waals surface area contributed by atoms with Gasteiger partial charge in [0.15, 0.2) is 5.82 Å².